The lowest BCUT2D eigenvalue weighted by atomic mass is 9.59. The Morgan fingerprint density at radius 1 is 0.364 bits per heavy atom. The first-order valence-electron chi connectivity index (χ1n) is 14.4. The molecule has 7 aromatic carbocycles. The van der Waals surface area contributed by atoms with Crippen LogP contribution in [-0.2, 0) is 0 Å². The molecule has 0 bridgehead atoms. The molecule has 0 atom stereocenters. The standard InChI is InChI=1S/C38H19B5S/c39-34-33(35(40)37(42)38(43)36(34)41)32-25-13-6-4-11-23(25)30(24-12-5-7-14-26(24)32)21-17-18-28-27(19-21)31-22(15-8-16-29(31)44-28)20-9-2-1-3-10-20/h1-19H. The van der Waals surface area contributed by atoms with Crippen LogP contribution in [0.3, 0.4) is 0 Å². The van der Waals surface area contributed by atoms with Gasteiger partial charge in [0.2, 0.25) is 0 Å². The lowest BCUT2D eigenvalue weighted by Crippen LogP contribution is -2.55. The van der Waals surface area contributed by atoms with Crippen LogP contribution in [0.4, 0.5) is 0 Å². The summed E-state index contributed by atoms with van der Waals surface area (Å²) in [4.78, 5) is 0. The molecule has 6 heteroatoms. The maximum absolute atomic E-state index is 6.64. The van der Waals surface area contributed by atoms with E-state index >= 15 is 0 Å². The van der Waals surface area contributed by atoms with Crippen molar-refractivity contribution in [3.8, 4) is 33.4 Å². The maximum atomic E-state index is 6.64. The molecule has 0 saturated heterocycles. The first-order chi connectivity index (χ1) is 21.4. The third-order valence-corrected chi connectivity index (χ3v) is 9.89. The Hall–Kier alpha value is -4.40. The minimum Gasteiger partial charge on any atom is -0.135 e. The van der Waals surface area contributed by atoms with Gasteiger partial charge in [-0.1, -0.05) is 108 Å². The van der Waals surface area contributed by atoms with E-state index in [0.29, 0.717) is 16.5 Å². The van der Waals surface area contributed by atoms with Gasteiger partial charge >= 0.3 is 0 Å². The van der Waals surface area contributed by atoms with E-state index in [0.717, 1.165) is 38.2 Å². The van der Waals surface area contributed by atoms with Gasteiger partial charge in [-0.2, -0.15) is 0 Å². The summed E-state index contributed by atoms with van der Waals surface area (Å²) in [6, 6.07) is 40.7. The fourth-order valence-electron chi connectivity index (χ4n) is 6.67. The summed E-state index contributed by atoms with van der Waals surface area (Å²) >= 11 is 1.83. The Morgan fingerprint density at radius 3 is 1.52 bits per heavy atom. The highest BCUT2D eigenvalue weighted by Gasteiger charge is 2.21. The maximum Gasteiger partial charge on any atom is 0.113 e. The average Bonchev–Trinajstić information content (AvgIpc) is 3.45. The molecule has 1 heterocycles. The quantitative estimate of drug-likeness (QED) is 0.202. The van der Waals surface area contributed by atoms with Crippen LogP contribution in [0.2, 0.25) is 0 Å². The van der Waals surface area contributed by atoms with E-state index in [2.05, 4.69) is 103 Å². The van der Waals surface area contributed by atoms with Crippen LogP contribution >= 0.6 is 11.3 Å². The molecule has 8 rings (SSSR count). The van der Waals surface area contributed by atoms with Gasteiger partial charge in [0, 0.05) is 20.2 Å². The normalized spacial score (nSPS) is 11.6. The zero-order valence-corrected chi connectivity index (χ0v) is 24.6. The molecule has 0 amide bonds. The van der Waals surface area contributed by atoms with Crippen molar-refractivity contribution in [2.75, 3.05) is 0 Å². The van der Waals surface area contributed by atoms with Gasteiger partial charge in [0.15, 0.2) is 0 Å². The molecule has 0 saturated carbocycles. The van der Waals surface area contributed by atoms with Gasteiger partial charge < -0.3 is 0 Å². The number of thiophene rings is 1. The van der Waals surface area contributed by atoms with E-state index in [4.69, 9.17) is 39.2 Å². The first-order valence-corrected chi connectivity index (χ1v) is 15.2. The monoisotopic (exact) mass is 562 g/mol. The van der Waals surface area contributed by atoms with Gasteiger partial charge in [0.1, 0.15) is 39.2 Å². The summed E-state index contributed by atoms with van der Waals surface area (Å²) in [6.07, 6.45) is 0. The smallest absolute Gasteiger partial charge is 0.113 e. The molecular formula is C38H19B5S. The Bertz CT molecular complexity index is 2360. The number of benzene rings is 7. The van der Waals surface area contributed by atoms with Gasteiger partial charge in [-0.05, 0) is 73.1 Å². The van der Waals surface area contributed by atoms with Crippen LogP contribution < -0.4 is 27.3 Å². The van der Waals surface area contributed by atoms with Crippen LogP contribution in [0, 0.1) is 0 Å². The van der Waals surface area contributed by atoms with Gasteiger partial charge in [-0.15, -0.1) is 27.7 Å². The molecule has 0 N–H and O–H groups in total. The molecule has 192 valence electrons. The summed E-state index contributed by atoms with van der Waals surface area (Å²) in [6.45, 7) is 0. The topological polar surface area (TPSA) is 0 Å². The van der Waals surface area contributed by atoms with Crippen molar-refractivity contribution in [1.29, 1.82) is 0 Å². The van der Waals surface area contributed by atoms with E-state index < -0.39 is 0 Å². The highest BCUT2D eigenvalue weighted by Crippen LogP contribution is 2.46. The summed E-state index contributed by atoms with van der Waals surface area (Å²) in [5.74, 6) is 0. The van der Waals surface area contributed by atoms with E-state index in [1.807, 2.05) is 23.5 Å². The number of rotatable bonds is 3. The van der Waals surface area contributed by atoms with Crippen LogP contribution in [0.15, 0.2) is 115 Å². The molecule has 0 nitrogen and oxygen atoms in total. The van der Waals surface area contributed by atoms with Crippen molar-refractivity contribution in [2.24, 2.45) is 0 Å². The number of hydrogen-bond donors (Lipinski definition) is 0. The first kappa shape index (κ1) is 27.2. The van der Waals surface area contributed by atoms with Gasteiger partial charge in [0.05, 0.1) is 0 Å². The zero-order chi connectivity index (χ0) is 30.1. The Balaban J connectivity index is 1.48. The second-order valence-corrected chi connectivity index (χ2v) is 12.2. The highest BCUT2D eigenvalue weighted by molar-refractivity contribution is 7.26. The Labute approximate surface area is 267 Å². The molecular weight excluding hydrogens is 543 g/mol. The minimum absolute atomic E-state index is 0.208. The van der Waals surface area contributed by atoms with E-state index in [1.165, 1.54) is 31.3 Å². The van der Waals surface area contributed by atoms with Crippen LogP contribution in [0.5, 0.6) is 0 Å². The van der Waals surface area contributed by atoms with Crippen molar-refractivity contribution >= 4 is 120 Å². The molecule has 44 heavy (non-hydrogen) atoms. The van der Waals surface area contributed by atoms with Crippen molar-refractivity contribution in [2.45, 2.75) is 0 Å². The lowest BCUT2D eigenvalue weighted by Gasteiger charge is -2.25. The van der Waals surface area contributed by atoms with E-state index in [9.17, 15) is 0 Å². The van der Waals surface area contributed by atoms with Gasteiger partial charge in [0.25, 0.3) is 0 Å². The average molecular weight is 562 g/mol. The predicted molar refractivity (Wildman–Crippen MR) is 198 cm³/mol. The van der Waals surface area contributed by atoms with Crippen molar-refractivity contribution in [3.05, 3.63) is 115 Å². The van der Waals surface area contributed by atoms with Crippen molar-refractivity contribution < 1.29 is 0 Å². The van der Waals surface area contributed by atoms with E-state index in [-0.39, 0.29) is 16.4 Å². The van der Waals surface area contributed by atoms with Gasteiger partial charge in [-0.25, -0.2) is 0 Å². The fraction of sp³-hybridized carbons (Fsp3) is 0. The summed E-state index contributed by atoms with van der Waals surface area (Å²) in [7, 11) is 32.2. The molecule has 0 aliphatic rings. The third kappa shape index (κ3) is 3.97. The summed E-state index contributed by atoms with van der Waals surface area (Å²) < 4.78 is 2.53. The second kappa shape index (κ2) is 10.4. The van der Waals surface area contributed by atoms with E-state index in [1.54, 1.807) is 0 Å². The Kier molecular flexibility index (Phi) is 6.40. The van der Waals surface area contributed by atoms with Crippen molar-refractivity contribution in [1.82, 2.24) is 0 Å². The zero-order valence-electron chi connectivity index (χ0n) is 23.8. The van der Waals surface area contributed by atoms with Crippen LogP contribution in [0.25, 0.3) is 75.1 Å². The van der Waals surface area contributed by atoms with Crippen molar-refractivity contribution in [3.63, 3.8) is 0 Å². The second-order valence-electron chi connectivity index (χ2n) is 11.1. The predicted octanol–water partition coefficient (Wildman–Crippen LogP) is 5.33. The summed E-state index contributed by atoms with van der Waals surface area (Å²) in [5, 5.41) is 6.69. The molecule has 0 aliphatic carbocycles. The molecule has 8 aromatic rings. The Morgan fingerprint density at radius 2 is 0.909 bits per heavy atom. The fourth-order valence-corrected chi connectivity index (χ4v) is 7.78. The molecule has 10 radical (unpaired) electrons. The largest absolute Gasteiger partial charge is 0.135 e. The minimum atomic E-state index is 0.208. The molecule has 1 aromatic heterocycles. The summed E-state index contributed by atoms with van der Waals surface area (Å²) in [5.41, 5.74) is 7.58. The number of hydrogen-bond acceptors (Lipinski definition) is 1. The molecule has 0 unspecified atom stereocenters. The number of fused-ring (bicyclic) bond motifs is 5. The lowest BCUT2D eigenvalue weighted by molar-refractivity contribution is 1.67. The highest BCUT2D eigenvalue weighted by atomic mass is 32.1. The molecule has 0 aliphatic heterocycles. The SMILES string of the molecule is [B]c1c([B])c([B])c(-c2c3ccccc3c(-c3ccc4sc5cccc(-c6ccccc6)c5c4c3)c3ccccc23)c([B])c1[B]. The van der Waals surface area contributed by atoms with Crippen LogP contribution in [-0.4, -0.2) is 39.2 Å². The molecule has 0 spiro atoms. The van der Waals surface area contributed by atoms with Crippen LogP contribution in [0.1, 0.15) is 0 Å². The molecule has 0 fully saturated rings. The third-order valence-electron chi connectivity index (χ3n) is 8.75. The van der Waals surface area contributed by atoms with Gasteiger partial charge in [-0.3, -0.25) is 0 Å².